The highest BCUT2D eigenvalue weighted by Crippen LogP contribution is 2.13. The predicted octanol–water partition coefficient (Wildman–Crippen LogP) is 0.961. The van der Waals surface area contributed by atoms with Gasteiger partial charge in [0, 0.05) is 11.1 Å². The molecule has 1 rings (SSSR count). The van der Waals surface area contributed by atoms with E-state index >= 15 is 0 Å². The summed E-state index contributed by atoms with van der Waals surface area (Å²) in [6.07, 6.45) is -2.56. The molecule has 0 radical (unpaired) electrons. The number of aliphatic hydroxyl groups is 2. The second kappa shape index (κ2) is 13.0. The van der Waals surface area contributed by atoms with Crippen LogP contribution in [0, 0.1) is 0 Å². The maximum Gasteiger partial charge on any atom is 0.339 e. The van der Waals surface area contributed by atoms with Crippen molar-refractivity contribution in [1.29, 1.82) is 0 Å². The van der Waals surface area contributed by atoms with Crippen molar-refractivity contribution in [2.45, 2.75) is 26.1 Å². The zero-order valence-electron chi connectivity index (χ0n) is 17.9. The Bertz CT molecular complexity index is 802. The molecule has 0 aliphatic carbocycles. The van der Waals surface area contributed by atoms with Crippen LogP contribution in [0.5, 0.6) is 0 Å². The topological polar surface area (TPSA) is 146 Å². The minimum absolute atomic E-state index is 0.133. The minimum atomic E-state index is -1.28. The summed E-state index contributed by atoms with van der Waals surface area (Å²) < 4.78 is 19.4. The fourth-order valence-corrected chi connectivity index (χ4v) is 2.02. The lowest BCUT2D eigenvalue weighted by Gasteiger charge is -2.14. The van der Waals surface area contributed by atoms with Crippen molar-refractivity contribution in [3.05, 3.63) is 59.7 Å². The van der Waals surface area contributed by atoms with Gasteiger partial charge < -0.3 is 29.2 Å². The predicted molar refractivity (Wildman–Crippen MR) is 111 cm³/mol. The molecule has 2 N–H and O–H groups in total. The molecule has 0 aliphatic heterocycles. The maximum atomic E-state index is 12.3. The van der Waals surface area contributed by atoms with E-state index in [0.29, 0.717) is 0 Å². The Balaban J connectivity index is 2.60. The fourth-order valence-electron chi connectivity index (χ4n) is 2.02. The molecular weight excluding hydrogens is 424 g/mol. The molecule has 1 aromatic carbocycles. The molecular formula is C22H26O10. The van der Waals surface area contributed by atoms with Gasteiger partial charge in [0.2, 0.25) is 0 Å². The lowest BCUT2D eigenvalue weighted by Crippen LogP contribution is -2.27. The van der Waals surface area contributed by atoms with Crippen LogP contribution < -0.4 is 0 Å². The summed E-state index contributed by atoms with van der Waals surface area (Å²) in [6, 6.07) is 5.61. The number of ether oxygens (including phenoxy) is 4. The van der Waals surface area contributed by atoms with Crippen molar-refractivity contribution in [3.63, 3.8) is 0 Å². The first-order valence-electron chi connectivity index (χ1n) is 9.47. The number of aliphatic hydroxyl groups excluding tert-OH is 2. The zero-order chi connectivity index (χ0) is 24.3. The summed E-state index contributed by atoms with van der Waals surface area (Å²) in [5.74, 6) is -3.22. The smallest absolute Gasteiger partial charge is 0.339 e. The lowest BCUT2D eigenvalue weighted by molar-refractivity contribution is -0.143. The molecule has 0 saturated carbocycles. The van der Waals surface area contributed by atoms with E-state index in [-0.39, 0.29) is 22.3 Å². The normalized spacial score (nSPS) is 12.1. The summed E-state index contributed by atoms with van der Waals surface area (Å²) in [4.78, 5) is 47.2. The number of carbonyl (C=O) groups excluding carboxylic acids is 4. The molecule has 2 atom stereocenters. The van der Waals surface area contributed by atoms with Gasteiger partial charge in [0.05, 0.1) is 11.1 Å². The zero-order valence-corrected chi connectivity index (χ0v) is 17.9. The third-order valence-corrected chi connectivity index (χ3v) is 3.69. The van der Waals surface area contributed by atoms with Crippen LogP contribution in [0.3, 0.4) is 0 Å². The molecule has 0 aliphatic rings. The Labute approximate surface area is 185 Å². The molecule has 10 heteroatoms. The highest BCUT2D eigenvalue weighted by Gasteiger charge is 2.21. The van der Waals surface area contributed by atoms with Gasteiger partial charge in [-0.1, -0.05) is 25.3 Å². The van der Waals surface area contributed by atoms with E-state index in [1.54, 1.807) is 0 Å². The van der Waals surface area contributed by atoms with Crippen molar-refractivity contribution in [2.75, 3.05) is 26.4 Å². The fraction of sp³-hybridized carbons (Fsp3) is 0.364. The van der Waals surface area contributed by atoms with Gasteiger partial charge in [0.1, 0.15) is 38.6 Å². The number of hydrogen-bond acceptors (Lipinski definition) is 10. The molecule has 0 heterocycles. The quantitative estimate of drug-likeness (QED) is 0.268. The van der Waals surface area contributed by atoms with Gasteiger partial charge in [-0.2, -0.15) is 0 Å². The minimum Gasteiger partial charge on any atom is -0.459 e. The summed E-state index contributed by atoms with van der Waals surface area (Å²) in [6.45, 7) is 7.89. The molecule has 10 nitrogen and oxygen atoms in total. The van der Waals surface area contributed by atoms with Gasteiger partial charge in [-0.15, -0.1) is 0 Å². The number of rotatable bonds is 12. The molecule has 0 saturated heterocycles. The number of hydrogen-bond donors (Lipinski definition) is 2. The van der Waals surface area contributed by atoms with Gasteiger partial charge >= 0.3 is 23.9 Å². The van der Waals surface area contributed by atoms with Gasteiger partial charge in [-0.05, 0) is 26.0 Å². The van der Waals surface area contributed by atoms with Gasteiger partial charge in [0.25, 0.3) is 0 Å². The third kappa shape index (κ3) is 9.11. The Morgan fingerprint density at radius 2 is 1.03 bits per heavy atom. The van der Waals surface area contributed by atoms with Crippen molar-refractivity contribution < 1.29 is 48.3 Å². The Morgan fingerprint density at radius 3 is 1.34 bits per heavy atom. The highest BCUT2D eigenvalue weighted by molar-refractivity contribution is 6.03. The first-order chi connectivity index (χ1) is 15.0. The molecule has 0 amide bonds. The van der Waals surface area contributed by atoms with Crippen LogP contribution in [0.25, 0.3) is 0 Å². The summed E-state index contributed by atoms with van der Waals surface area (Å²) in [7, 11) is 0. The van der Waals surface area contributed by atoms with Crippen LogP contribution in [0.4, 0.5) is 0 Å². The highest BCUT2D eigenvalue weighted by atomic mass is 16.6. The molecule has 1 aromatic rings. The van der Waals surface area contributed by atoms with E-state index in [2.05, 4.69) is 13.2 Å². The van der Waals surface area contributed by atoms with Crippen molar-refractivity contribution in [3.8, 4) is 0 Å². The molecule has 2 unspecified atom stereocenters. The van der Waals surface area contributed by atoms with Crippen LogP contribution in [0.15, 0.2) is 48.6 Å². The van der Waals surface area contributed by atoms with Crippen LogP contribution in [0.1, 0.15) is 34.6 Å². The summed E-state index contributed by atoms with van der Waals surface area (Å²) in [5, 5.41) is 19.6. The van der Waals surface area contributed by atoms with E-state index in [0.717, 1.165) is 0 Å². The number of esters is 4. The van der Waals surface area contributed by atoms with Gasteiger partial charge in [0.15, 0.2) is 0 Å². The van der Waals surface area contributed by atoms with E-state index in [1.807, 2.05) is 0 Å². The Hall–Kier alpha value is -3.50. The molecule has 0 fully saturated rings. The summed E-state index contributed by atoms with van der Waals surface area (Å²) >= 11 is 0. The molecule has 0 aromatic heterocycles. The van der Waals surface area contributed by atoms with E-state index in [9.17, 15) is 29.4 Å². The van der Waals surface area contributed by atoms with Gasteiger partial charge in [-0.3, -0.25) is 0 Å². The van der Waals surface area contributed by atoms with Crippen LogP contribution in [0.2, 0.25) is 0 Å². The Kier molecular flexibility index (Phi) is 10.8. The summed E-state index contributed by atoms with van der Waals surface area (Å²) in [5.41, 5.74) is 0.0418. The third-order valence-electron chi connectivity index (χ3n) is 3.69. The van der Waals surface area contributed by atoms with Crippen LogP contribution >= 0.6 is 0 Å². The first kappa shape index (κ1) is 26.5. The van der Waals surface area contributed by atoms with E-state index in [4.69, 9.17) is 18.9 Å². The lowest BCUT2D eigenvalue weighted by atomic mass is 10.1. The number of carbonyl (C=O) groups is 4. The largest absolute Gasteiger partial charge is 0.459 e. The SMILES string of the molecule is C=C(C)C(=O)OCC(O)COC(=O)c1ccccc1C(=O)OCC(O)COC(=O)C(=C)C. The maximum absolute atomic E-state index is 12.3. The van der Waals surface area contributed by atoms with E-state index in [1.165, 1.54) is 38.1 Å². The Morgan fingerprint density at radius 1 is 0.719 bits per heavy atom. The van der Waals surface area contributed by atoms with E-state index < -0.39 is 62.5 Å². The van der Waals surface area contributed by atoms with Crippen molar-refractivity contribution in [2.24, 2.45) is 0 Å². The standard InChI is InChI=1S/C22H26O10/c1-13(2)19(25)29-9-15(23)11-31-21(27)17-7-5-6-8-18(17)22(28)32-12-16(24)10-30-20(26)14(3)4/h5-8,15-16,23-24H,1,3,9-12H2,2,4H3. The van der Waals surface area contributed by atoms with Crippen LogP contribution in [-0.2, 0) is 28.5 Å². The average molecular weight is 450 g/mol. The monoisotopic (exact) mass is 450 g/mol. The van der Waals surface area contributed by atoms with Crippen molar-refractivity contribution in [1.82, 2.24) is 0 Å². The number of benzene rings is 1. The molecule has 0 spiro atoms. The van der Waals surface area contributed by atoms with Gasteiger partial charge in [-0.25, -0.2) is 19.2 Å². The molecule has 174 valence electrons. The second-order valence-electron chi connectivity index (χ2n) is 6.81. The molecule has 32 heavy (non-hydrogen) atoms. The average Bonchev–Trinajstić information content (AvgIpc) is 2.77. The van der Waals surface area contributed by atoms with Crippen LogP contribution in [-0.4, -0.2) is 72.7 Å². The second-order valence-corrected chi connectivity index (χ2v) is 6.81. The van der Waals surface area contributed by atoms with Crippen molar-refractivity contribution >= 4 is 23.9 Å². The molecule has 0 bridgehead atoms. The first-order valence-corrected chi connectivity index (χ1v) is 9.47.